The van der Waals surface area contributed by atoms with Gasteiger partial charge in [-0.3, -0.25) is 9.36 Å². The van der Waals surface area contributed by atoms with Crippen molar-refractivity contribution in [3.8, 4) is 5.69 Å². The molecular formula is C17H18N4O. The van der Waals surface area contributed by atoms with Crippen LogP contribution < -0.4 is 11.3 Å². The predicted octanol–water partition coefficient (Wildman–Crippen LogP) is 2.71. The second-order valence-corrected chi connectivity index (χ2v) is 5.24. The first-order valence-corrected chi connectivity index (χ1v) is 7.43. The Morgan fingerprint density at radius 2 is 1.95 bits per heavy atom. The molecule has 0 fully saturated rings. The maximum Gasteiger partial charge on any atom is 0.267 e. The molecule has 5 nitrogen and oxygen atoms in total. The molecule has 112 valence electrons. The second-order valence-electron chi connectivity index (χ2n) is 5.24. The van der Waals surface area contributed by atoms with Gasteiger partial charge in [-0.05, 0) is 42.8 Å². The van der Waals surface area contributed by atoms with Gasteiger partial charge in [-0.25, -0.2) is 9.97 Å². The molecule has 2 heterocycles. The summed E-state index contributed by atoms with van der Waals surface area (Å²) in [6.07, 6.45) is 4.41. The van der Waals surface area contributed by atoms with E-state index in [-0.39, 0.29) is 5.56 Å². The van der Waals surface area contributed by atoms with Gasteiger partial charge in [-0.2, -0.15) is 0 Å². The van der Waals surface area contributed by atoms with Crippen LogP contribution in [0.3, 0.4) is 0 Å². The van der Waals surface area contributed by atoms with Crippen LogP contribution in [0.4, 0.5) is 5.69 Å². The monoisotopic (exact) mass is 294 g/mol. The third kappa shape index (κ3) is 2.57. The number of fused-ring (bicyclic) bond motifs is 1. The summed E-state index contributed by atoms with van der Waals surface area (Å²) >= 11 is 0. The van der Waals surface area contributed by atoms with E-state index in [2.05, 4.69) is 16.9 Å². The first-order chi connectivity index (χ1) is 10.7. The SMILES string of the molecule is CCCCc1nc2ncccc2c(=O)n1-c1ccc(N)cc1. The van der Waals surface area contributed by atoms with E-state index in [9.17, 15) is 4.79 Å². The highest BCUT2D eigenvalue weighted by molar-refractivity contribution is 5.73. The van der Waals surface area contributed by atoms with Gasteiger partial charge in [0.1, 0.15) is 5.82 Å². The summed E-state index contributed by atoms with van der Waals surface area (Å²) in [6.45, 7) is 2.12. The number of rotatable bonds is 4. The molecule has 1 aromatic carbocycles. The summed E-state index contributed by atoms with van der Waals surface area (Å²) in [5, 5.41) is 0.527. The highest BCUT2D eigenvalue weighted by Crippen LogP contribution is 2.15. The number of aromatic nitrogens is 3. The molecule has 0 saturated carbocycles. The molecule has 0 atom stereocenters. The number of pyridine rings is 1. The minimum Gasteiger partial charge on any atom is -0.399 e. The summed E-state index contributed by atoms with van der Waals surface area (Å²) in [5.41, 5.74) is 7.60. The van der Waals surface area contributed by atoms with Crippen molar-refractivity contribution in [2.75, 3.05) is 5.73 Å². The number of aryl methyl sites for hydroxylation is 1. The van der Waals surface area contributed by atoms with Crippen LogP contribution in [-0.2, 0) is 6.42 Å². The maximum absolute atomic E-state index is 12.8. The molecular weight excluding hydrogens is 276 g/mol. The third-order valence-electron chi connectivity index (χ3n) is 3.62. The standard InChI is InChI=1S/C17H18N4O/c1-2-3-6-15-20-16-14(5-4-11-19-16)17(22)21(15)13-9-7-12(18)8-10-13/h4-5,7-11H,2-3,6,18H2,1H3. The van der Waals surface area contributed by atoms with Crippen molar-refractivity contribution >= 4 is 16.7 Å². The van der Waals surface area contributed by atoms with Crippen LogP contribution in [0.25, 0.3) is 16.7 Å². The first kappa shape index (κ1) is 14.3. The Morgan fingerprint density at radius 3 is 2.68 bits per heavy atom. The van der Waals surface area contributed by atoms with Crippen LogP contribution >= 0.6 is 0 Å². The maximum atomic E-state index is 12.8. The van der Waals surface area contributed by atoms with Crippen LogP contribution in [0.15, 0.2) is 47.4 Å². The number of benzene rings is 1. The van der Waals surface area contributed by atoms with Gasteiger partial charge in [0.05, 0.1) is 11.1 Å². The van der Waals surface area contributed by atoms with Crippen LogP contribution in [0, 0.1) is 0 Å². The molecule has 0 saturated heterocycles. The van der Waals surface area contributed by atoms with Gasteiger partial charge >= 0.3 is 0 Å². The summed E-state index contributed by atoms with van der Waals surface area (Å²) in [6, 6.07) is 10.8. The Kier molecular flexibility index (Phi) is 3.87. The normalized spacial score (nSPS) is 11.0. The quantitative estimate of drug-likeness (QED) is 0.751. The van der Waals surface area contributed by atoms with Crippen molar-refractivity contribution in [2.24, 2.45) is 0 Å². The molecule has 2 aromatic heterocycles. The predicted molar refractivity (Wildman–Crippen MR) is 88.2 cm³/mol. The Morgan fingerprint density at radius 1 is 1.18 bits per heavy atom. The van der Waals surface area contributed by atoms with Crippen molar-refractivity contribution in [1.29, 1.82) is 0 Å². The molecule has 0 spiro atoms. The number of nitrogens with zero attached hydrogens (tertiary/aromatic N) is 3. The molecule has 5 heteroatoms. The van der Waals surface area contributed by atoms with Gasteiger partial charge < -0.3 is 5.73 Å². The fourth-order valence-corrected chi connectivity index (χ4v) is 2.46. The number of unbranched alkanes of at least 4 members (excludes halogenated alkanes) is 1. The lowest BCUT2D eigenvalue weighted by Crippen LogP contribution is -2.24. The Balaban J connectivity index is 2.27. The van der Waals surface area contributed by atoms with Gasteiger partial charge in [-0.1, -0.05) is 13.3 Å². The van der Waals surface area contributed by atoms with Crippen molar-refractivity contribution in [3.05, 3.63) is 58.8 Å². The topological polar surface area (TPSA) is 73.8 Å². The largest absolute Gasteiger partial charge is 0.399 e. The molecule has 2 N–H and O–H groups in total. The van der Waals surface area contributed by atoms with E-state index in [4.69, 9.17) is 5.73 Å². The Labute approximate surface area is 128 Å². The molecule has 0 aliphatic rings. The summed E-state index contributed by atoms with van der Waals surface area (Å²) in [7, 11) is 0. The number of nitrogens with two attached hydrogens (primary N) is 1. The van der Waals surface area contributed by atoms with Crippen LogP contribution in [-0.4, -0.2) is 14.5 Å². The fraction of sp³-hybridized carbons (Fsp3) is 0.235. The van der Waals surface area contributed by atoms with Gasteiger partial charge in [0.15, 0.2) is 5.65 Å². The molecule has 0 radical (unpaired) electrons. The van der Waals surface area contributed by atoms with Crippen molar-refractivity contribution in [1.82, 2.24) is 14.5 Å². The van der Waals surface area contributed by atoms with Gasteiger partial charge in [0.25, 0.3) is 5.56 Å². The average molecular weight is 294 g/mol. The van der Waals surface area contributed by atoms with Gasteiger partial charge in [0, 0.05) is 18.3 Å². The second kappa shape index (κ2) is 5.97. The smallest absolute Gasteiger partial charge is 0.267 e. The zero-order valence-corrected chi connectivity index (χ0v) is 12.5. The van der Waals surface area contributed by atoms with E-state index >= 15 is 0 Å². The van der Waals surface area contributed by atoms with Crippen molar-refractivity contribution < 1.29 is 0 Å². The van der Waals surface area contributed by atoms with Gasteiger partial charge in [-0.15, -0.1) is 0 Å². The summed E-state index contributed by atoms with van der Waals surface area (Å²) in [5.74, 6) is 0.739. The minimum absolute atomic E-state index is 0.0889. The zero-order chi connectivity index (χ0) is 15.5. The molecule has 0 unspecified atom stereocenters. The molecule has 0 amide bonds. The van der Waals surface area contributed by atoms with Crippen LogP contribution in [0.2, 0.25) is 0 Å². The third-order valence-corrected chi connectivity index (χ3v) is 3.62. The molecule has 22 heavy (non-hydrogen) atoms. The van der Waals surface area contributed by atoms with E-state index in [1.165, 1.54) is 0 Å². The number of hydrogen-bond acceptors (Lipinski definition) is 4. The van der Waals surface area contributed by atoms with E-state index in [1.807, 2.05) is 12.1 Å². The highest BCUT2D eigenvalue weighted by atomic mass is 16.1. The number of hydrogen-bond donors (Lipinski definition) is 1. The Hall–Kier alpha value is -2.69. The van der Waals surface area contributed by atoms with Crippen LogP contribution in [0.1, 0.15) is 25.6 Å². The minimum atomic E-state index is -0.0889. The van der Waals surface area contributed by atoms with E-state index in [0.29, 0.717) is 16.7 Å². The van der Waals surface area contributed by atoms with Gasteiger partial charge in [0.2, 0.25) is 0 Å². The molecule has 0 aliphatic heterocycles. The van der Waals surface area contributed by atoms with Crippen LogP contribution in [0.5, 0.6) is 0 Å². The van der Waals surface area contributed by atoms with Crippen molar-refractivity contribution in [3.63, 3.8) is 0 Å². The Bertz CT molecular complexity index is 853. The average Bonchev–Trinajstić information content (AvgIpc) is 2.54. The number of anilines is 1. The van der Waals surface area contributed by atoms with Crippen molar-refractivity contribution in [2.45, 2.75) is 26.2 Å². The lowest BCUT2D eigenvalue weighted by molar-refractivity contribution is 0.719. The summed E-state index contributed by atoms with van der Waals surface area (Å²) in [4.78, 5) is 21.7. The van der Waals surface area contributed by atoms with E-state index in [0.717, 1.165) is 30.8 Å². The van der Waals surface area contributed by atoms with E-state index in [1.54, 1.807) is 35.0 Å². The van der Waals surface area contributed by atoms with E-state index < -0.39 is 0 Å². The molecule has 3 aromatic rings. The fourth-order valence-electron chi connectivity index (χ4n) is 2.46. The number of nitrogen functional groups attached to an aromatic ring is 1. The lowest BCUT2D eigenvalue weighted by Gasteiger charge is -2.13. The molecule has 0 bridgehead atoms. The lowest BCUT2D eigenvalue weighted by atomic mass is 10.2. The zero-order valence-electron chi connectivity index (χ0n) is 12.5. The molecule has 3 rings (SSSR count). The highest BCUT2D eigenvalue weighted by Gasteiger charge is 2.12. The first-order valence-electron chi connectivity index (χ1n) is 7.43. The summed E-state index contributed by atoms with van der Waals surface area (Å²) < 4.78 is 1.67. The molecule has 0 aliphatic carbocycles.